The summed E-state index contributed by atoms with van der Waals surface area (Å²) in [5.41, 5.74) is 2.08. The van der Waals surface area contributed by atoms with Crippen LogP contribution in [-0.4, -0.2) is 19.9 Å². The zero-order valence-corrected chi connectivity index (χ0v) is 12.1. The summed E-state index contributed by atoms with van der Waals surface area (Å²) in [6.07, 6.45) is 1.63. The van der Waals surface area contributed by atoms with Crippen molar-refractivity contribution in [3.8, 4) is 6.07 Å². The van der Waals surface area contributed by atoms with Gasteiger partial charge in [-0.05, 0) is 35.2 Å². The molecule has 0 aliphatic carbocycles. The van der Waals surface area contributed by atoms with Gasteiger partial charge < -0.3 is 4.90 Å². The number of ketones is 1. The second kappa shape index (κ2) is 6.18. The number of carbonyl (C=O) groups excluding carboxylic acids is 1. The smallest absolute Gasteiger partial charge is 0.213 e. The van der Waals surface area contributed by atoms with E-state index in [-0.39, 0.29) is 11.4 Å². The summed E-state index contributed by atoms with van der Waals surface area (Å²) in [5.74, 6) is -0.223. The molecule has 1 aromatic heterocycles. The first kappa shape index (κ1) is 14.0. The molecule has 0 N–H and O–H groups in total. The van der Waals surface area contributed by atoms with Crippen LogP contribution in [0.4, 0.5) is 5.69 Å². The number of nitrogens with zero attached hydrogens (tertiary/aromatic N) is 2. The molecule has 20 heavy (non-hydrogen) atoms. The molecule has 0 amide bonds. The summed E-state index contributed by atoms with van der Waals surface area (Å²) in [5, 5.41) is 11.0. The molecule has 0 radical (unpaired) electrons. The minimum atomic E-state index is -0.223. The van der Waals surface area contributed by atoms with Crippen molar-refractivity contribution in [2.45, 2.75) is 0 Å². The molecule has 1 heterocycles. The van der Waals surface area contributed by atoms with Crippen molar-refractivity contribution in [3.63, 3.8) is 0 Å². The fraction of sp³-hybridized carbons (Fsp3) is 0.125. The Hall–Kier alpha value is -2.38. The van der Waals surface area contributed by atoms with Crippen molar-refractivity contribution < 1.29 is 4.79 Å². The van der Waals surface area contributed by atoms with Crippen LogP contribution >= 0.6 is 11.3 Å². The van der Waals surface area contributed by atoms with E-state index in [4.69, 9.17) is 5.26 Å². The predicted molar refractivity (Wildman–Crippen MR) is 83.0 cm³/mol. The fourth-order valence-corrected chi connectivity index (χ4v) is 2.40. The molecule has 0 saturated heterocycles. The van der Waals surface area contributed by atoms with E-state index in [2.05, 4.69) is 0 Å². The first-order valence-electron chi connectivity index (χ1n) is 6.09. The summed E-state index contributed by atoms with van der Waals surface area (Å²) >= 11 is 1.34. The third-order valence-electron chi connectivity index (χ3n) is 2.83. The Bertz CT molecular complexity index is 662. The van der Waals surface area contributed by atoms with E-state index in [1.54, 1.807) is 18.2 Å². The van der Waals surface area contributed by atoms with Gasteiger partial charge in [-0.25, -0.2) is 0 Å². The third-order valence-corrected chi connectivity index (χ3v) is 3.70. The van der Waals surface area contributed by atoms with Crippen LogP contribution in [0.1, 0.15) is 15.2 Å². The number of allylic oxidation sites excluding steroid dienone is 1. The Morgan fingerprint density at radius 3 is 2.45 bits per heavy atom. The summed E-state index contributed by atoms with van der Waals surface area (Å²) in [7, 11) is 3.93. The Kier molecular flexibility index (Phi) is 4.34. The number of rotatable bonds is 4. The molecule has 0 saturated carbocycles. The Morgan fingerprint density at radius 1 is 1.25 bits per heavy atom. The summed E-state index contributed by atoms with van der Waals surface area (Å²) in [6, 6.07) is 13.2. The van der Waals surface area contributed by atoms with E-state index < -0.39 is 0 Å². The largest absolute Gasteiger partial charge is 0.378 e. The van der Waals surface area contributed by atoms with E-state index in [0.717, 1.165) is 11.3 Å². The number of nitriles is 1. The van der Waals surface area contributed by atoms with Crippen molar-refractivity contribution in [1.29, 1.82) is 5.26 Å². The van der Waals surface area contributed by atoms with Crippen LogP contribution in [0.5, 0.6) is 0 Å². The van der Waals surface area contributed by atoms with Crippen LogP contribution in [0.15, 0.2) is 47.4 Å². The molecular weight excluding hydrogens is 268 g/mol. The topological polar surface area (TPSA) is 44.1 Å². The molecule has 0 aliphatic heterocycles. The number of hydrogen-bond donors (Lipinski definition) is 0. The highest BCUT2D eigenvalue weighted by Gasteiger charge is 2.12. The molecule has 100 valence electrons. The van der Waals surface area contributed by atoms with Gasteiger partial charge in [-0.15, -0.1) is 11.3 Å². The van der Waals surface area contributed by atoms with Gasteiger partial charge in [0.25, 0.3) is 0 Å². The van der Waals surface area contributed by atoms with Gasteiger partial charge in [-0.2, -0.15) is 5.26 Å². The van der Waals surface area contributed by atoms with Crippen LogP contribution in [-0.2, 0) is 0 Å². The van der Waals surface area contributed by atoms with Crippen molar-refractivity contribution in [2.75, 3.05) is 19.0 Å². The van der Waals surface area contributed by atoms with Gasteiger partial charge in [0.2, 0.25) is 5.78 Å². The summed E-state index contributed by atoms with van der Waals surface area (Å²) in [6.45, 7) is 0. The first-order chi connectivity index (χ1) is 9.61. The monoisotopic (exact) mass is 282 g/mol. The average molecular weight is 282 g/mol. The van der Waals surface area contributed by atoms with Gasteiger partial charge in [-0.3, -0.25) is 4.79 Å². The van der Waals surface area contributed by atoms with Crippen LogP contribution in [0.3, 0.4) is 0 Å². The number of benzene rings is 1. The molecule has 0 spiro atoms. The van der Waals surface area contributed by atoms with E-state index in [1.165, 1.54) is 11.3 Å². The standard InChI is InChI=1S/C16H14N2OS/c1-18(2)14-7-5-12(6-8-14)10-13(11-17)16(19)15-4-3-9-20-15/h3-10H,1-2H3/b13-10-. The lowest BCUT2D eigenvalue weighted by molar-refractivity contribution is 0.104. The number of Topliss-reactive ketones (excluding diaryl/α,β-unsaturated/α-hetero) is 1. The second-order valence-electron chi connectivity index (χ2n) is 4.46. The van der Waals surface area contributed by atoms with Crippen LogP contribution < -0.4 is 4.90 Å². The maximum atomic E-state index is 12.1. The van der Waals surface area contributed by atoms with Gasteiger partial charge in [0.15, 0.2) is 0 Å². The molecule has 0 unspecified atom stereocenters. The Labute approximate surface area is 122 Å². The molecule has 0 aliphatic rings. The molecule has 3 nitrogen and oxygen atoms in total. The summed E-state index contributed by atoms with van der Waals surface area (Å²) < 4.78 is 0. The minimum Gasteiger partial charge on any atom is -0.378 e. The fourth-order valence-electron chi connectivity index (χ4n) is 1.72. The SMILES string of the molecule is CN(C)c1ccc(/C=C(/C#N)C(=O)c2cccs2)cc1. The molecule has 1 aromatic carbocycles. The van der Waals surface area contributed by atoms with E-state index >= 15 is 0 Å². The van der Waals surface area contributed by atoms with Crippen LogP contribution in [0.2, 0.25) is 0 Å². The third kappa shape index (κ3) is 3.14. The highest BCUT2D eigenvalue weighted by Crippen LogP contribution is 2.18. The van der Waals surface area contributed by atoms with Crippen molar-refractivity contribution in [2.24, 2.45) is 0 Å². The lowest BCUT2D eigenvalue weighted by atomic mass is 10.1. The van der Waals surface area contributed by atoms with Crippen molar-refractivity contribution in [3.05, 3.63) is 57.8 Å². The van der Waals surface area contributed by atoms with Crippen LogP contribution in [0, 0.1) is 11.3 Å². The zero-order valence-electron chi connectivity index (χ0n) is 11.3. The Balaban J connectivity index is 2.28. The Morgan fingerprint density at radius 2 is 1.95 bits per heavy atom. The van der Waals surface area contributed by atoms with E-state index in [1.807, 2.05) is 54.7 Å². The zero-order chi connectivity index (χ0) is 14.5. The summed E-state index contributed by atoms with van der Waals surface area (Å²) in [4.78, 5) is 14.7. The molecule has 2 aromatic rings. The minimum absolute atomic E-state index is 0.157. The number of anilines is 1. The van der Waals surface area contributed by atoms with Crippen molar-refractivity contribution >= 4 is 28.9 Å². The molecule has 0 atom stereocenters. The van der Waals surface area contributed by atoms with Gasteiger partial charge in [-0.1, -0.05) is 18.2 Å². The van der Waals surface area contributed by atoms with E-state index in [9.17, 15) is 4.79 Å². The maximum Gasteiger partial charge on any atom is 0.213 e. The lowest BCUT2D eigenvalue weighted by Gasteiger charge is -2.11. The van der Waals surface area contributed by atoms with Crippen LogP contribution in [0.25, 0.3) is 6.08 Å². The van der Waals surface area contributed by atoms with Gasteiger partial charge in [0.05, 0.1) is 4.88 Å². The van der Waals surface area contributed by atoms with Gasteiger partial charge in [0.1, 0.15) is 11.6 Å². The lowest BCUT2D eigenvalue weighted by Crippen LogP contribution is -2.08. The highest BCUT2D eigenvalue weighted by atomic mass is 32.1. The first-order valence-corrected chi connectivity index (χ1v) is 6.97. The number of hydrogen-bond acceptors (Lipinski definition) is 4. The average Bonchev–Trinajstić information content (AvgIpc) is 2.98. The predicted octanol–water partition coefficient (Wildman–Crippen LogP) is 3.60. The molecule has 4 heteroatoms. The number of thiophene rings is 1. The highest BCUT2D eigenvalue weighted by molar-refractivity contribution is 7.12. The van der Waals surface area contributed by atoms with E-state index in [0.29, 0.717) is 4.88 Å². The van der Waals surface area contributed by atoms with Gasteiger partial charge in [0, 0.05) is 19.8 Å². The maximum absolute atomic E-state index is 12.1. The van der Waals surface area contributed by atoms with Gasteiger partial charge >= 0.3 is 0 Å². The quantitative estimate of drug-likeness (QED) is 0.489. The van der Waals surface area contributed by atoms with Crippen molar-refractivity contribution in [1.82, 2.24) is 0 Å². The molecule has 0 bridgehead atoms. The normalized spacial score (nSPS) is 10.9. The molecule has 0 fully saturated rings. The molecular formula is C16H14N2OS. The second-order valence-corrected chi connectivity index (χ2v) is 5.41. The number of carbonyl (C=O) groups is 1. The molecule has 2 rings (SSSR count).